The van der Waals surface area contributed by atoms with E-state index in [9.17, 15) is 4.79 Å². The summed E-state index contributed by atoms with van der Waals surface area (Å²) < 4.78 is 5.36. The van der Waals surface area contributed by atoms with Crippen molar-refractivity contribution >= 4 is 5.97 Å². The van der Waals surface area contributed by atoms with Gasteiger partial charge in [0.1, 0.15) is 0 Å². The first-order valence-electron chi connectivity index (χ1n) is 15.1. The average Bonchev–Trinajstić information content (AvgIpc) is 2.82. The molecule has 196 valence electrons. The summed E-state index contributed by atoms with van der Waals surface area (Å²) in [6.07, 6.45) is 36.9. The number of ether oxygens (including phenoxy) is 1. The van der Waals surface area contributed by atoms with E-state index in [1.165, 1.54) is 141 Å². The highest BCUT2D eigenvalue weighted by molar-refractivity contribution is 5.69. The van der Waals surface area contributed by atoms with Crippen molar-refractivity contribution in [2.24, 2.45) is 0 Å². The Bertz CT molecular complexity index is 402. The van der Waals surface area contributed by atoms with E-state index >= 15 is 0 Å². The largest absolute Gasteiger partial charge is 0.466 e. The normalized spacial score (nSPS) is 11.5. The lowest BCUT2D eigenvalue weighted by atomic mass is 10.1. The monoisotopic (exact) mass is 464 g/mol. The van der Waals surface area contributed by atoms with Crippen molar-refractivity contribution < 1.29 is 9.53 Å². The fourth-order valence-corrected chi connectivity index (χ4v) is 4.36. The molecule has 0 aromatic carbocycles. The van der Waals surface area contributed by atoms with E-state index in [1.807, 2.05) is 0 Å². The molecule has 2 nitrogen and oxygen atoms in total. The Morgan fingerprint density at radius 3 is 1.30 bits per heavy atom. The number of carbonyl (C=O) groups is 1. The lowest BCUT2D eigenvalue weighted by molar-refractivity contribution is -0.143. The minimum atomic E-state index is 0.0157. The number of hydrogen-bond donors (Lipinski definition) is 0. The van der Waals surface area contributed by atoms with Crippen LogP contribution < -0.4 is 0 Å². The Labute approximate surface area is 208 Å². The van der Waals surface area contributed by atoms with Crippen LogP contribution in [0.1, 0.15) is 174 Å². The van der Waals surface area contributed by atoms with Gasteiger partial charge in [0.15, 0.2) is 0 Å². The minimum Gasteiger partial charge on any atom is -0.466 e. The van der Waals surface area contributed by atoms with E-state index in [0.29, 0.717) is 13.0 Å². The molecule has 0 unspecified atom stereocenters. The van der Waals surface area contributed by atoms with Crippen LogP contribution in [-0.2, 0) is 9.53 Å². The van der Waals surface area contributed by atoms with Crippen LogP contribution in [0.15, 0.2) is 12.2 Å². The van der Waals surface area contributed by atoms with Crippen molar-refractivity contribution in [1.82, 2.24) is 0 Å². The van der Waals surface area contributed by atoms with Gasteiger partial charge in [-0.15, -0.1) is 0 Å². The van der Waals surface area contributed by atoms with Gasteiger partial charge in [-0.05, 0) is 38.5 Å². The Balaban J connectivity index is 3.17. The third kappa shape index (κ3) is 29.2. The molecule has 0 radical (unpaired) electrons. The summed E-state index contributed by atoms with van der Waals surface area (Å²) in [5, 5.41) is 0. The molecule has 0 saturated carbocycles. The third-order valence-electron chi connectivity index (χ3n) is 6.65. The van der Waals surface area contributed by atoms with Gasteiger partial charge in [0.25, 0.3) is 0 Å². The maximum Gasteiger partial charge on any atom is 0.305 e. The van der Waals surface area contributed by atoms with Crippen LogP contribution in [-0.4, -0.2) is 12.6 Å². The molecule has 0 aliphatic rings. The highest BCUT2D eigenvalue weighted by atomic mass is 16.5. The first-order chi connectivity index (χ1) is 16.3. The van der Waals surface area contributed by atoms with Crippen LogP contribution in [0.2, 0.25) is 0 Å². The van der Waals surface area contributed by atoms with E-state index in [1.54, 1.807) is 0 Å². The number of carbonyl (C=O) groups excluding carboxylic acids is 1. The van der Waals surface area contributed by atoms with Crippen LogP contribution in [0.5, 0.6) is 0 Å². The van der Waals surface area contributed by atoms with Crippen LogP contribution in [0.3, 0.4) is 0 Å². The van der Waals surface area contributed by atoms with Crippen molar-refractivity contribution in [1.29, 1.82) is 0 Å². The molecule has 0 rings (SSSR count). The molecule has 33 heavy (non-hydrogen) atoms. The summed E-state index contributed by atoms with van der Waals surface area (Å²) in [5.74, 6) is 0.0157. The Hall–Kier alpha value is -0.790. The van der Waals surface area contributed by atoms with Gasteiger partial charge in [-0.1, -0.05) is 142 Å². The molecule has 0 N–H and O–H groups in total. The topological polar surface area (TPSA) is 26.3 Å². The van der Waals surface area contributed by atoms with Gasteiger partial charge >= 0.3 is 5.97 Å². The van der Waals surface area contributed by atoms with Gasteiger partial charge < -0.3 is 4.74 Å². The minimum absolute atomic E-state index is 0.0157. The Morgan fingerprint density at radius 2 is 0.848 bits per heavy atom. The molecule has 0 bridgehead atoms. The molecule has 0 aromatic heterocycles. The SMILES string of the molecule is CCCCCCCC/C=C/CCCCCCCCCCCC(=O)OCCCCCCCCC. The summed E-state index contributed by atoms with van der Waals surface area (Å²) in [4.78, 5) is 11.8. The Morgan fingerprint density at radius 1 is 0.485 bits per heavy atom. The van der Waals surface area contributed by atoms with E-state index in [0.717, 1.165) is 12.8 Å². The van der Waals surface area contributed by atoms with Crippen molar-refractivity contribution in [3.05, 3.63) is 12.2 Å². The number of unbranched alkanes of at least 4 members (excludes halogenated alkanes) is 21. The number of rotatable bonds is 27. The molecule has 0 heterocycles. The maximum absolute atomic E-state index is 11.8. The average molecular weight is 465 g/mol. The standard InChI is InChI=1S/C31H60O2/c1-3-5-7-9-11-12-13-14-15-16-17-18-19-20-21-22-23-25-27-29-31(32)33-30-28-26-24-10-8-6-4-2/h14-15H,3-13,16-30H2,1-2H3/b15-14+. The highest BCUT2D eigenvalue weighted by Gasteiger charge is 2.02. The molecular weight excluding hydrogens is 404 g/mol. The maximum atomic E-state index is 11.8. The van der Waals surface area contributed by atoms with Crippen LogP contribution in [0.25, 0.3) is 0 Å². The lowest BCUT2D eigenvalue weighted by Crippen LogP contribution is -2.05. The van der Waals surface area contributed by atoms with E-state index < -0.39 is 0 Å². The molecule has 0 aliphatic heterocycles. The molecule has 0 fully saturated rings. The smallest absolute Gasteiger partial charge is 0.305 e. The highest BCUT2D eigenvalue weighted by Crippen LogP contribution is 2.13. The van der Waals surface area contributed by atoms with Crippen LogP contribution >= 0.6 is 0 Å². The van der Waals surface area contributed by atoms with Crippen molar-refractivity contribution in [2.75, 3.05) is 6.61 Å². The summed E-state index contributed by atoms with van der Waals surface area (Å²) in [5.41, 5.74) is 0. The third-order valence-corrected chi connectivity index (χ3v) is 6.65. The second kappa shape index (κ2) is 29.2. The molecule has 0 atom stereocenters. The van der Waals surface area contributed by atoms with Gasteiger partial charge in [0, 0.05) is 6.42 Å². The number of allylic oxidation sites excluding steroid dienone is 2. The zero-order valence-corrected chi connectivity index (χ0v) is 22.9. The molecule has 0 saturated heterocycles. The van der Waals surface area contributed by atoms with Crippen LogP contribution in [0, 0.1) is 0 Å². The number of hydrogen-bond acceptors (Lipinski definition) is 2. The fourth-order valence-electron chi connectivity index (χ4n) is 4.36. The molecule has 0 aliphatic carbocycles. The van der Waals surface area contributed by atoms with Gasteiger partial charge in [-0.3, -0.25) is 4.79 Å². The molecule has 2 heteroatoms. The molecule has 0 amide bonds. The van der Waals surface area contributed by atoms with Crippen LogP contribution in [0.4, 0.5) is 0 Å². The first-order valence-corrected chi connectivity index (χ1v) is 15.1. The Kier molecular flexibility index (Phi) is 28.5. The predicted octanol–water partition coefficient (Wildman–Crippen LogP) is 10.9. The van der Waals surface area contributed by atoms with Gasteiger partial charge in [0.05, 0.1) is 6.61 Å². The second-order valence-electron chi connectivity index (χ2n) is 10.1. The molecular formula is C31H60O2. The van der Waals surface area contributed by atoms with Gasteiger partial charge in [-0.2, -0.15) is 0 Å². The van der Waals surface area contributed by atoms with Crippen molar-refractivity contribution in [3.63, 3.8) is 0 Å². The fraction of sp³-hybridized carbons (Fsp3) is 0.903. The quantitative estimate of drug-likeness (QED) is 0.0686. The van der Waals surface area contributed by atoms with E-state index in [4.69, 9.17) is 4.74 Å². The second-order valence-corrected chi connectivity index (χ2v) is 10.1. The summed E-state index contributed by atoms with van der Waals surface area (Å²) >= 11 is 0. The summed E-state index contributed by atoms with van der Waals surface area (Å²) in [6, 6.07) is 0. The molecule has 0 spiro atoms. The van der Waals surface area contributed by atoms with E-state index in [2.05, 4.69) is 26.0 Å². The molecule has 0 aromatic rings. The van der Waals surface area contributed by atoms with Crippen molar-refractivity contribution in [2.45, 2.75) is 174 Å². The summed E-state index contributed by atoms with van der Waals surface area (Å²) in [7, 11) is 0. The van der Waals surface area contributed by atoms with Gasteiger partial charge in [-0.25, -0.2) is 0 Å². The van der Waals surface area contributed by atoms with Gasteiger partial charge in [0.2, 0.25) is 0 Å². The summed E-state index contributed by atoms with van der Waals surface area (Å²) in [6.45, 7) is 5.16. The lowest BCUT2D eigenvalue weighted by Gasteiger charge is -2.05. The zero-order chi connectivity index (χ0) is 24.1. The van der Waals surface area contributed by atoms with Crippen molar-refractivity contribution in [3.8, 4) is 0 Å². The van der Waals surface area contributed by atoms with E-state index in [-0.39, 0.29) is 5.97 Å². The predicted molar refractivity (Wildman–Crippen MR) is 147 cm³/mol. The first kappa shape index (κ1) is 32.2. The number of esters is 1. The zero-order valence-electron chi connectivity index (χ0n) is 22.9.